The van der Waals surface area contributed by atoms with Crippen LogP contribution in [-0.2, 0) is 28.3 Å². The summed E-state index contributed by atoms with van der Waals surface area (Å²) in [6.45, 7) is 21.6. The first-order valence-corrected chi connectivity index (χ1v) is 21.7. The molecule has 0 aromatic heterocycles. The molecule has 2 aromatic rings. The minimum absolute atomic E-state index is 0.0662. The second-order valence-corrected chi connectivity index (χ2v) is 20.8. The molecule has 3 aliphatic rings. The summed E-state index contributed by atoms with van der Waals surface area (Å²) >= 11 is 0. The molecular weight excluding hydrogens is 692 g/mol. The Morgan fingerprint density at radius 1 is 0.925 bits per heavy atom. The number of benzene rings is 2. The van der Waals surface area contributed by atoms with E-state index in [1.165, 1.54) is 29.5 Å². The largest absolute Gasteiger partial charge is 0.511 e. The molecule has 0 N–H and O–H groups in total. The normalized spacial score (nSPS) is 27.4. The minimum atomic E-state index is -5.56. The molecule has 2 aliphatic carbocycles. The van der Waals surface area contributed by atoms with Gasteiger partial charge in [0.2, 0.25) is 0 Å². The van der Waals surface area contributed by atoms with Crippen LogP contribution in [-0.4, -0.2) is 36.9 Å². The van der Waals surface area contributed by atoms with Gasteiger partial charge in [-0.2, -0.15) is 17.5 Å². The SMILES string of the molecule is Cc1cc(/C=C/CN(C[C@]2(C)CCC[C@]3(C)c4ccc(C(C)C)cc4CC[C@@H]23)S(=O)(=O)C(F)(F)F)cc2c1O[C@](C)(C[C@H](C)C[C@H](C)CC(C)C)CC2. The third-order valence-corrected chi connectivity index (χ3v) is 14.6. The topological polar surface area (TPSA) is 46.6 Å². The Morgan fingerprint density at radius 2 is 1.64 bits per heavy atom. The van der Waals surface area contributed by atoms with Crippen LogP contribution in [0.1, 0.15) is 153 Å². The molecule has 1 aliphatic heterocycles. The Hall–Kier alpha value is -2.32. The van der Waals surface area contributed by atoms with Crippen molar-refractivity contribution in [3.05, 3.63) is 69.8 Å². The minimum Gasteiger partial charge on any atom is -0.487 e. The molecule has 296 valence electrons. The molecular formula is C45H66F3NO3S. The second kappa shape index (κ2) is 15.7. The summed E-state index contributed by atoms with van der Waals surface area (Å²) in [6.07, 6.45) is 12.7. The lowest BCUT2D eigenvalue weighted by Gasteiger charge is -2.56. The van der Waals surface area contributed by atoms with Gasteiger partial charge in [0, 0.05) is 13.1 Å². The van der Waals surface area contributed by atoms with Crippen molar-refractivity contribution in [3.8, 4) is 5.75 Å². The smallest absolute Gasteiger partial charge is 0.487 e. The predicted octanol–water partition coefficient (Wildman–Crippen LogP) is 12.2. The first kappa shape index (κ1) is 41.8. The van der Waals surface area contributed by atoms with E-state index < -0.39 is 20.9 Å². The van der Waals surface area contributed by atoms with E-state index in [4.69, 9.17) is 4.74 Å². The molecule has 4 nitrogen and oxygen atoms in total. The number of aryl methyl sites for hydroxylation is 3. The lowest BCUT2D eigenvalue weighted by atomic mass is 9.49. The summed E-state index contributed by atoms with van der Waals surface area (Å²) in [6, 6.07) is 10.8. The molecule has 53 heavy (non-hydrogen) atoms. The summed E-state index contributed by atoms with van der Waals surface area (Å²) < 4.78 is 76.5. The zero-order valence-corrected chi connectivity index (χ0v) is 34.9. The average Bonchev–Trinajstić information content (AvgIpc) is 3.03. The zero-order chi connectivity index (χ0) is 39.1. The van der Waals surface area contributed by atoms with E-state index in [1.807, 2.05) is 26.0 Å². The fraction of sp³-hybridized carbons (Fsp3) is 0.689. The fourth-order valence-corrected chi connectivity index (χ4v) is 11.9. The molecule has 0 unspecified atom stereocenters. The van der Waals surface area contributed by atoms with Crippen molar-refractivity contribution in [1.82, 2.24) is 4.31 Å². The molecule has 0 saturated heterocycles. The van der Waals surface area contributed by atoms with E-state index in [0.717, 1.165) is 67.4 Å². The number of hydrogen-bond acceptors (Lipinski definition) is 3. The number of fused-ring (bicyclic) bond motifs is 4. The van der Waals surface area contributed by atoms with Crippen molar-refractivity contribution in [1.29, 1.82) is 0 Å². The predicted molar refractivity (Wildman–Crippen MR) is 213 cm³/mol. The van der Waals surface area contributed by atoms with Gasteiger partial charge in [-0.25, -0.2) is 8.42 Å². The van der Waals surface area contributed by atoms with Crippen molar-refractivity contribution < 1.29 is 26.3 Å². The van der Waals surface area contributed by atoms with Gasteiger partial charge >= 0.3 is 15.5 Å². The van der Waals surface area contributed by atoms with Gasteiger partial charge in [-0.05, 0) is 158 Å². The first-order valence-electron chi connectivity index (χ1n) is 20.3. The highest BCUT2D eigenvalue weighted by molar-refractivity contribution is 7.90. The molecule has 1 fully saturated rings. The van der Waals surface area contributed by atoms with Gasteiger partial charge in [0.05, 0.1) is 0 Å². The third-order valence-electron chi connectivity index (χ3n) is 13.1. The maximum atomic E-state index is 14.2. The van der Waals surface area contributed by atoms with Crippen LogP contribution in [0, 0.1) is 36.0 Å². The Labute approximate surface area is 319 Å². The van der Waals surface area contributed by atoms with Gasteiger partial charge in [0.25, 0.3) is 0 Å². The van der Waals surface area contributed by atoms with Crippen molar-refractivity contribution in [2.45, 2.75) is 156 Å². The van der Waals surface area contributed by atoms with E-state index >= 15 is 0 Å². The van der Waals surface area contributed by atoms with E-state index in [1.54, 1.807) is 12.2 Å². The number of ether oxygens (including phenoxy) is 1. The number of nitrogens with zero attached hydrogens (tertiary/aromatic N) is 1. The van der Waals surface area contributed by atoms with Crippen LogP contribution in [0.2, 0.25) is 0 Å². The summed E-state index contributed by atoms with van der Waals surface area (Å²) in [4.78, 5) is 0. The number of rotatable bonds is 13. The monoisotopic (exact) mass is 757 g/mol. The van der Waals surface area contributed by atoms with E-state index in [2.05, 4.69) is 73.6 Å². The van der Waals surface area contributed by atoms with Crippen LogP contribution in [0.25, 0.3) is 6.08 Å². The molecule has 0 bridgehead atoms. The molecule has 2 aromatic carbocycles. The van der Waals surface area contributed by atoms with Gasteiger partial charge in [-0.15, -0.1) is 0 Å². The maximum absolute atomic E-state index is 14.2. The fourth-order valence-electron chi connectivity index (χ4n) is 10.8. The molecule has 6 atom stereocenters. The van der Waals surface area contributed by atoms with Crippen LogP contribution in [0.4, 0.5) is 13.2 Å². The van der Waals surface area contributed by atoms with Gasteiger partial charge in [-0.1, -0.05) is 92.2 Å². The Morgan fingerprint density at radius 3 is 2.30 bits per heavy atom. The lowest BCUT2D eigenvalue weighted by molar-refractivity contribution is -0.0519. The Balaban J connectivity index is 1.33. The molecule has 1 saturated carbocycles. The lowest BCUT2D eigenvalue weighted by Crippen LogP contribution is -2.55. The van der Waals surface area contributed by atoms with Crippen molar-refractivity contribution in [3.63, 3.8) is 0 Å². The van der Waals surface area contributed by atoms with E-state index in [0.29, 0.717) is 34.4 Å². The number of alkyl halides is 3. The highest BCUT2D eigenvalue weighted by Crippen LogP contribution is 2.58. The van der Waals surface area contributed by atoms with Crippen LogP contribution < -0.4 is 4.74 Å². The van der Waals surface area contributed by atoms with Crippen molar-refractivity contribution in [2.24, 2.45) is 29.1 Å². The number of hydrogen-bond donors (Lipinski definition) is 0. The summed E-state index contributed by atoms with van der Waals surface area (Å²) in [5, 5.41) is 0. The standard InChI is InChI=1S/C45H66F3NO3S/c1-30(2)23-32(5)24-33(6)28-43(9)21-18-38-26-35(25-34(7)41(38)52-43)13-11-22-49(53(50,51)45(46,47)48)29-42(8)19-12-20-44(10)39-16-14-36(31(3)4)27-37(39)15-17-40(42)44/h11,13-14,16,25-27,30-33,40H,12,15,17-24,28-29H2,1-10H3/b13-11+/t32-,33-,40+,42+,43+,44-/m1/s1. The van der Waals surface area contributed by atoms with Crippen molar-refractivity contribution in [2.75, 3.05) is 13.1 Å². The quantitative estimate of drug-likeness (QED) is 0.204. The zero-order valence-electron chi connectivity index (χ0n) is 34.1. The number of sulfonamides is 1. The molecule has 0 spiro atoms. The van der Waals surface area contributed by atoms with Gasteiger partial charge in [0.15, 0.2) is 0 Å². The van der Waals surface area contributed by atoms with Crippen LogP contribution >= 0.6 is 0 Å². The molecule has 8 heteroatoms. The van der Waals surface area contributed by atoms with Gasteiger partial charge in [-0.3, -0.25) is 0 Å². The average molecular weight is 758 g/mol. The van der Waals surface area contributed by atoms with Crippen LogP contribution in [0.3, 0.4) is 0 Å². The van der Waals surface area contributed by atoms with E-state index in [9.17, 15) is 21.6 Å². The second-order valence-electron chi connectivity index (χ2n) is 18.9. The van der Waals surface area contributed by atoms with Crippen molar-refractivity contribution >= 4 is 16.1 Å². The highest BCUT2D eigenvalue weighted by Gasteiger charge is 2.56. The van der Waals surface area contributed by atoms with Crippen LogP contribution in [0.5, 0.6) is 5.75 Å². The molecule has 0 amide bonds. The summed E-state index contributed by atoms with van der Waals surface area (Å²) in [5.41, 5.74) is 0.383. The molecule has 5 rings (SSSR count). The summed E-state index contributed by atoms with van der Waals surface area (Å²) in [7, 11) is -5.56. The Kier molecular flexibility index (Phi) is 12.4. The number of halogens is 3. The van der Waals surface area contributed by atoms with E-state index in [-0.39, 0.29) is 30.0 Å². The molecule has 1 heterocycles. The first-order chi connectivity index (χ1) is 24.6. The molecule has 0 radical (unpaired) electrons. The van der Waals surface area contributed by atoms with Gasteiger partial charge in [0.1, 0.15) is 11.4 Å². The maximum Gasteiger partial charge on any atom is 0.511 e. The summed E-state index contributed by atoms with van der Waals surface area (Å²) in [5.74, 6) is 3.30. The van der Waals surface area contributed by atoms with Crippen LogP contribution in [0.15, 0.2) is 36.4 Å². The highest BCUT2D eigenvalue weighted by atomic mass is 32.2. The van der Waals surface area contributed by atoms with Gasteiger partial charge < -0.3 is 4.74 Å². The third kappa shape index (κ3) is 9.06. The Bertz CT molecular complexity index is 1750.